The Morgan fingerprint density at radius 3 is 2.81 bits per heavy atom. The van der Waals surface area contributed by atoms with Crippen molar-refractivity contribution in [2.45, 2.75) is 36.6 Å². The van der Waals surface area contributed by atoms with Crippen LogP contribution in [0.5, 0.6) is 0 Å². The van der Waals surface area contributed by atoms with Gasteiger partial charge in [0.05, 0.1) is 18.1 Å². The van der Waals surface area contributed by atoms with Crippen LogP contribution in [0.15, 0.2) is 30.3 Å². The predicted molar refractivity (Wildman–Crippen MR) is 69.3 cm³/mol. The smallest absolute Gasteiger partial charge is 0.338 e. The lowest BCUT2D eigenvalue weighted by atomic mass is 9.86. The summed E-state index contributed by atoms with van der Waals surface area (Å²) in [7, 11) is 0. The van der Waals surface area contributed by atoms with Gasteiger partial charge in [-0.25, -0.2) is 4.79 Å². The third-order valence-electron chi connectivity index (χ3n) is 4.93. The van der Waals surface area contributed by atoms with E-state index in [4.69, 9.17) is 14.2 Å². The van der Waals surface area contributed by atoms with E-state index in [1.54, 1.807) is 30.3 Å². The van der Waals surface area contributed by atoms with E-state index in [2.05, 4.69) is 0 Å². The zero-order chi connectivity index (χ0) is 14.8. The Morgan fingerprint density at radius 2 is 2.10 bits per heavy atom. The molecule has 3 aliphatic rings. The number of carbonyl (C=O) groups is 1. The van der Waals surface area contributed by atoms with Crippen LogP contribution >= 0.6 is 0 Å². The van der Waals surface area contributed by atoms with Crippen molar-refractivity contribution in [2.75, 3.05) is 6.61 Å². The summed E-state index contributed by atoms with van der Waals surface area (Å²) in [6, 6.07) is 8.52. The molecule has 2 N–H and O–H groups in total. The highest BCUT2D eigenvalue weighted by Crippen LogP contribution is 2.62. The Labute approximate surface area is 121 Å². The maximum absolute atomic E-state index is 12.2. The number of rotatable bonds is 2. The first-order valence-electron chi connectivity index (χ1n) is 6.94. The first kappa shape index (κ1) is 13.2. The summed E-state index contributed by atoms with van der Waals surface area (Å²) >= 11 is 0. The number of esters is 1. The molecule has 1 aromatic rings. The molecule has 112 valence electrons. The first-order valence-corrected chi connectivity index (χ1v) is 6.94. The SMILES string of the molecule is C[C@]12O[C@H]1[C@@H](OC(=O)c1ccccc1)[C@@]1(O)C2CO[C@H]1O. The van der Waals surface area contributed by atoms with Crippen LogP contribution in [0.3, 0.4) is 0 Å². The van der Waals surface area contributed by atoms with Crippen LogP contribution < -0.4 is 0 Å². The number of fused-ring (bicyclic) bond motifs is 3. The molecule has 0 aromatic heterocycles. The molecule has 21 heavy (non-hydrogen) atoms. The molecule has 0 bridgehead atoms. The maximum atomic E-state index is 12.2. The molecule has 1 aromatic carbocycles. The number of carbonyl (C=O) groups excluding carboxylic acids is 1. The number of aliphatic hydroxyl groups is 2. The van der Waals surface area contributed by atoms with Crippen LogP contribution in [0.25, 0.3) is 0 Å². The highest BCUT2D eigenvalue weighted by Gasteiger charge is 2.82. The summed E-state index contributed by atoms with van der Waals surface area (Å²) < 4.78 is 16.2. The minimum Gasteiger partial charge on any atom is -0.453 e. The molecule has 6 nitrogen and oxygen atoms in total. The van der Waals surface area contributed by atoms with Gasteiger partial charge in [-0.05, 0) is 19.1 Å². The van der Waals surface area contributed by atoms with Crippen molar-refractivity contribution in [3.63, 3.8) is 0 Å². The highest BCUT2D eigenvalue weighted by atomic mass is 16.7. The molecule has 0 radical (unpaired) electrons. The average Bonchev–Trinajstić information content (AvgIpc) is 3.00. The molecular weight excluding hydrogens is 276 g/mol. The van der Waals surface area contributed by atoms with Crippen molar-refractivity contribution in [3.05, 3.63) is 35.9 Å². The van der Waals surface area contributed by atoms with E-state index < -0.39 is 41.6 Å². The zero-order valence-electron chi connectivity index (χ0n) is 11.4. The number of hydrogen-bond acceptors (Lipinski definition) is 6. The normalized spacial score (nSPS) is 46.8. The molecular formula is C15H16O6. The van der Waals surface area contributed by atoms with Crippen LogP contribution in [0, 0.1) is 5.92 Å². The molecule has 4 rings (SSSR count). The van der Waals surface area contributed by atoms with E-state index >= 15 is 0 Å². The second-order valence-electron chi connectivity index (χ2n) is 6.04. The quantitative estimate of drug-likeness (QED) is 0.593. The summed E-state index contributed by atoms with van der Waals surface area (Å²) in [6.07, 6.45) is -2.71. The number of ether oxygens (including phenoxy) is 3. The third kappa shape index (κ3) is 1.58. The molecule has 1 aliphatic carbocycles. The minimum absolute atomic E-state index is 0.185. The van der Waals surface area contributed by atoms with E-state index in [9.17, 15) is 15.0 Å². The number of epoxide rings is 1. The molecule has 0 spiro atoms. The van der Waals surface area contributed by atoms with Gasteiger partial charge in [0.15, 0.2) is 18.0 Å². The molecule has 0 amide bonds. The van der Waals surface area contributed by atoms with Gasteiger partial charge in [0, 0.05) is 0 Å². The summed E-state index contributed by atoms with van der Waals surface area (Å²) in [6.45, 7) is 2.02. The van der Waals surface area contributed by atoms with Gasteiger partial charge in [0.2, 0.25) is 0 Å². The van der Waals surface area contributed by atoms with Crippen molar-refractivity contribution in [3.8, 4) is 0 Å². The van der Waals surface area contributed by atoms with Gasteiger partial charge in [-0.3, -0.25) is 0 Å². The first-order chi connectivity index (χ1) is 9.98. The molecule has 2 saturated heterocycles. The van der Waals surface area contributed by atoms with E-state index in [-0.39, 0.29) is 6.61 Å². The van der Waals surface area contributed by atoms with E-state index in [1.807, 2.05) is 6.92 Å². The van der Waals surface area contributed by atoms with E-state index in [0.717, 1.165) is 0 Å². The fraction of sp³-hybridized carbons (Fsp3) is 0.533. The Hall–Kier alpha value is -1.47. The number of benzene rings is 1. The molecule has 1 unspecified atom stereocenters. The van der Waals surface area contributed by atoms with Gasteiger partial charge < -0.3 is 24.4 Å². The zero-order valence-corrected chi connectivity index (χ0v) is 11.4. The van der Waals surface area contributed by atoms with Crippen molar-refractivity contribution in [2.24, 2.45) is 5.92 Å². The lowest BCUT2D eigenvalue weighted by Crippen LogP contribution is -2.54. The van der Waals surface area contributed by atoms with Crippen LogP contribution in [0.2, 0.25) is 0 Å². The molecule has 6 heteroatoms. The predicted octanol–water partition coefficient (Wildman–Crippen LogP) is 0.0790. The monoisotopic (exact) mass is 292 g/mol. The van der Waals surface area contributed by atoms with Crippen LogP contribution in [-0.2, 0) is 14.2 Å². The van der Waals surface area contributed by atoms with Gasteiger partial charge in [0.1, 0.15) is 11.7 Å². The number of aliphatic hydroxyl groups excluding tert-OH is 1. The standard InChI is InChI=1S/C15H16O6/c1-14-9-7-19-13(17)15(9,18)11(10(14)21-14)20-12(16)8-5-3-2-4-6-8/h2-6,9-11,13,17-18H,7H2,1H3/t9?,10-,11+,13+,14+,15-/m0/s1. The molecule has 2 aliphatic heterocycles. The van der Waals surface area contributed by atoms with E-state index in [0.29, 0.717) is 5.56 Å². The fourth-order valence-electron chi connectivity index (χ4n) is 3.63. The molecule has 6 atom stereocenters. The Kier molecular flexibility index (Phi) is 2.54. The summed E-state index contributed by atoms with van der Waals surface area (Å²) in [5.74, 6) is -0.954. The van der Waals surface area contributed by atoms with Crippen molar-refractivity contribution >= 4 is 5.97 Å². The topological polar surface area (TPSA) is 88.5 Å². The van der Waals surface area contributed by atoms with Gasteiger partial charge in [0.25, 0.3) is 0 Å². The van der Waals surface area contributed by atoms with E-state index in [1.165, 1.54) is 0 Å². The maximum Gasteiger partial charge on any atom is 0.338 e. The lowest BCUT2D eigenvalue weighted by Gasteiger charge is -2.33. The lowest BCUT2D eigenvalue weighted by molar-refractivity contribution is -0.208. The number of hydrogen-bond donors (Lipinski definition) is 2. The van der Waals surface area contributed by atoms with Crippen LogP contribution in [0.1, 0.15) is 17.3 Å². The van der Waals surface area contributed by atoms with Crippen molar-refractivity contribution in [1.82, 2.24) is 0 Å². The molecule has 1 saturated carbocycles. The minimum atomic E-state index is -1.61. The van der Waals surface area contributed by atoms with Crippen LogP contribution in [-0.4, -0.2) is 52.5 Å². The van der Waals surface area contributed by atoms with Gasteiger partial charge in [-0.2, -0.15) is 0 Å². The average molecular weight is 292 g/mol. The van der Waals surface area contributed by atoms with Crippen molar-refractivity contribution < 1.29 is 29.2 Å². The fourth-order valence-corrected chi connectivity index (χ4v) is 3.63. The molecule has 2 heterocycles. The van der Waals surface area contributed by atoms with Gasteiger partial charge >= 0.3 is 5.97 Å². The Bertz CT molecular complexity index is 589. The second kappa shape index (κ2) is 4.04. The van der Waals surface area contributed by atoms with Crippen molar-refractivity contribution in [1.29, 1.82) is 0 Å². The Balaban J connectivity index is 1.62. The Morgan fingerprint density at radius 1 is 1.38 bits per heavy atom. The summed E-state index contributed by atoms with van der Waals surface area (Å²) in [4.78, 5) is 12.2. The highest BCUT2D eigenvalue weighted by molar-refractivity contribution is 5.89. The summed E-state index contributed by atoms with van der Waals surface area (Å²) in [5.41, 5.74) is -1.82. The van der Waals surface area contributed by atoms with Crippen LogP contribution in [0.4, 0.5) is 0 Å². The molecule has 3 fully saturated rings. The summed E-state index contributed by atoms with van der Waals surface area (Å²) in [5, 5.41) is 20.7. The van der Waals surface area contributed by atoms with Gasteiger partial charge in [-0.15, -0.1) is 0 Å². The second-order valence-corrected chi connectivity index (χ2v) is 6.04. The third-order valence-corrected chi connectivity index (χ3v) is 4.93. The van der Waals surface area contributed by atoms with Gasteiger partial charge in [-0.1, -0.05) is 18.2 Å². The largest absolute Gasteiger partial charge is 0.453 e.